The molecule has 10 aromatic carbocycles. The molecule has 0 radical (unpaired) electrons. The molecule has 280 valence electrons. The van der Waals surface area contributed by atoms with Crippen LogP contribution >= 0.6 is 0 Å². The predicted molar refractivity (Wildman–Crippen MR) is 254 cm³/mol. The van der Waals surface area contributed by atoms with Gasteiger partial charge in [-0.25, -0.2) is 0 Å². The Morgan fingerprint density at radius 3 is 1.36 bits per heavy atom. The van der Waals surface area contributed by atoms with E-state index < -0.39 is 0 Å². The number of benzene rings is 10. The van der Waals surface area contributed by atoms with Gasteiger partial charge in [-0.2, -0.15) is 0 Å². The third-order valence-electron chi connectivity index (χ3n) is 10.8. The van der Waals surface area contributed by atoms with Crippen LogP contribution in [0.15, 0.2) is 237 Å². The van der Waals surface area contributed by atoms with E-state index in [1.165, 1.54) is 63.8 Å². The first-order valence-electron chi connectivity index (χ1n) is 20.0. The first-order valence-corrected chi connectivity index (χ1v) is 21.7. The molecule has 0 spiro atoms. The SMILES string of the molecule is c1ccc(Nc2cccc([Se]c3cc(-c4ccccc4)cc(N(c4ccccc4)c4ccc(-c5c6ccccc6c(-c6ccccc6)c6ccccc56)cc4)c3)c2)cc1. The van der Waals surface area contributed by atoms with Crippen molar-refractivity contribution in [3.05, 3.63) is 237 Å². The van der Waals surface area contributed by atoms with Crippen LogP contribution < -0.4 is 19.1 Å². The standard InChI is InChI=1S/C56H40N2Se/c1-5-18-40(19-6-1)43-36-48(39-50(37-43)59-49-27-17-24-45(38-49)57-44-22-9-3-10-23-44)58(46-25-11-4-12-26-46)47-34-32-42(33-35-47)56-53-30-15-13-28-51(53)55(41-20-7-2-8-21-41)52-29-14-16-31-54(52)56/h1-39,57H. The Balaban J connectivity index is 1.08. The van der Waals surface area contributed by atoms with Crippen molar-refractivity contribution in [2.45, 2.75) is 0 Å². The van der Waals surface area contributed by atoms with Crippen LogP contribution in [-0.2, 0) is 0 Å². The Labute approximate surface area is 352 Å². The summed E-state index contributed by atoms with van der Waals surface area (Å²) in [7, 11) is 0. The van der Waals surface area contributed by atoms with Crippen molar-refractivity contribution in [2.24, 2.45) is 0 Å². The van der Waals surface area contributed by atoms with Gasteiger partial charge in [0.25, 0.3) is 0 Å². The van der Waals surface area contributed by atoms with Gasteiger partial charge in [0.1, 0.15) is 0 Å². The fraction of sp³-hybridized carbons (Fsp3) is 0. The molecule has 0 aromatic heterocycles. The number of rotatable bonds is 10. The number of hydrogen-bond donors (Lipinski definition) is 1. The molecule has 0 saturated carbocycles. The first-order chi connectivity index (χ1) is 29.2. The summed E-state index contributed by atoms with van der Waals surface area (Å²) in [5, 5.41) is 8.61. The molecule has 0 atom stereocenters. The van der Waals surface area contributed by atoms with Crippen LogP contribution in [0.4, 0.5) is 28.4 Å². The summed E-state index contributed by atoms with van der Waals surface area (Å²) in [5.41, 5.74) is 12.9. The van der Waals surface area contributed by atoms with E-state index in [0.717, 1.165) is 28.4 Å². The van der Waals surface area contributed by atoms with Crippen molar-refractivity contribution < 1.29 is 0 Å². The molecule has 0 heterocycles. The van der Waals surface area contributed by atoms with Gasteiger partial charge in [-0.1, -0.05) is 42.5 Å². The molecule has 0 saturated heterocycles. The molecule has 10 rings (SSSR count). The van der Waals surface area contributed by atoms with Gasteiger partial charge in [0, 0.05) is 0 Å². The van der Waals surface area contributed by atoms with E-state index >= 15 is 0 Å². The Hall–Kier alpha value is -7.16. The average molecular weight is 820 g/mol. The molecule has 0 aliphatic rings. The van der Waals surface area contributed by atoms with Crippen LogP contribution in [-0.4, -0.2) is 15.0 Å². The van der Waals surface area contributed by atoms with E-state index in [1.54, 1.807) is 0 Å². The molecule has 0 unspecified atom stereocenters. The Morgan fingerprint density at radius 2 is 0.763 bits per heavy atom. The molecule has 3 heteroatoms. The Kier molecular flexibility index (Phi) is 10.0. The van der Waals surface area contributed by atoms with Crippen LogP contribution in [0.1, 0.15) is 0 Å². The van der Waals surface area contributed by atoms with Crippen LogP contribution in [0.25, 0.3) is 54.9 Å². The van der Waals surface area contributed by atoms with Gasteiger partial charge >= 0.3 is 306 Å². The molecule has 0 fully saturated rings. The van der Waals surface area contributed by atoms with Crippen molar-refractivity contribution in [1.29, 1.82) is 0 Å². The van der Waals surface area contributed by atoms with Crippen LogP contribution in [0, 0.1) is 0 Å². The molecule has 0 bridgehead atoms. The molecular weight excluding hydrogens is 780 g/mol. The molecular formula is C56H40N2Se. The van der Waals surface area contributed by atoms with Gasteiger partial charge in [-0.3, -0.25) is 0 Å². The summed E-state index contributed by atoms with van der Waals surface area (Å²) in [5.74, 6) is 0. The van der Waals surface area contributed by atoms with Gasteiger partial charge in [-0.05, 0) is 5.56 Å². The normalized spacial score (nSPS) is 11.1. The van der Waals surface area contributed by atoms with E-state index in [1.807, 2.05) is 6.07 Å². The number of para-hydroxylation sites is 2. The van der Waals surface area contributed by atoms with Crippen molar-refractivity contribution >= 4 is 73.9 Å². The zero-order valence-electron chi connectivity index (χ0n) is 32.4. The molecule has 0 aliphatic heterocycles. The first kappa shape index (κ1) is 36.2. The molecule has 10 aromatic rings. The van der Waals surface area contributed by atoms with Gasteiger partial charge in [0.05, 0.1) is 0 Å². The fourth-order valence-electron chi connectivity index (χ4n) is 8.19. The second-order valence-electron chi connectivity index (χ2n) is 14.6. The van der Waals surface area contributed by atoms with E-state index in [9.17, 15) is 0 Å². The fourth-order valence-corrected chi connectivity index (χ4v) is 10.2. The minimum atomic E-state index is 0.0498. The monoisotopic (exact) mass is 820 g/mol. The van der Waals surface area contributed by atoms with E-state index in [2.05, 4.69) is 241 Å². The summed E-state index contributed by atoms with van der Waals surface area (Å²) in [6.07, 6.45) is 0. The molecule has 2 nitrogen and oxygen atoms in total. The zero-order valence-corrected chi connectivity index (χ0v) is 34.1. The second kappa shape index (κ2) is 16.4. The summed E-state index contributed by atoms with van der Waals surface area (Å²) in [6.45, 7) is 0. The topological polar surface area (TPSA) is 15.3 Å². The van der Waals surface area contributed by atoms with Crippen LogP contribution in [0.3, 0.4) is 0 Å². The van der Waals surface area contributed by atoms with Crippen molar-refractivity contribution in [3.63, 3.8) is 0 Å². The minimum absolute atomic E-state index is 0.0498. The number of anilines is 5. The van der Waals surface area contributed by atoms with E-state index in [4.69, 9.17) is 0 Å². The van der Waals surface area contributed by atoms with Gasteiger partial charge in [0.15, 0.2) is 0 Å². The number of hydrogen-bond acceptors (Lipinski definition) is 2. The molecule has 0 aliphatic carbocycles. The summed E-state index contributed by atoms with van der Waals surface area (Å²) >= 11 is 0.0498. The quantitative estimate of drug-likeness (QED) is 0.109. The summed E-state index contributed by atoms with van der Waals surface area (Å²) in [4.78, 5) is 2.40. The van der Waals surface area contributed by atoms with Crippen LogP contribution in [0.5, 0.6) is 0 Å². The van der Waals surface area contributed by atoms with Crippen LogP contribution in [0.2, 0.25) is 0 Å². The molecule has 59 heavy (non-hydrogen) atoms. The van der Waals surface area contributed by atoms with E-state index in [0.29, 0.717) is 0 Å². The zero-order chi connectivity index (χ0) is 39.4. The third-order valence-corrected chi connectivity index (χ3v) is 12.8. The van der Waals surface area contributed by atoms with Gasteiger partial charge in [0.2, 0.25) is 0 Å². The maximum absolute atomic E-state index is 3.59. The third kappa shape index (κ3) is 7.54. The van der Waals surface area contributed by atoms with Gasteiger partial charge in [-0.15, -0.1) is 0 Å². The number of fused-ring (bicyclic) bond motifs is 2. The Bertz CT molecular complexity index is 2960. The number of nitrogens with one attached hydrogen (secondary N) is 1. The molecule has 0 amide bonds. The number of nitrogens with zero attached hydrogens (tertiary/aromatic N) is 1. The van der Waals surface area contributed by atoms with Crippen molar-refractivity contribution in [3.8, 4) is 33.4 Å². The maximum atomic E-state index is 3.59. The van der Waals surface area contributed by atoms with Crippen molar-refractivity contribution in [1.82, 2.24) is 0 Å². The van der Waals surface area contributed by atoms with E-state index in [-0.39, 0.29) is 15.0 Å². The predicted octanol–water partition coefficient (Wildman–Crippen LogP) is 13.9. The van der Waals surface area contributed by atoms with Crippen molar-refractivity contribution in [2.75, 3.05) is 10.2 Å². The van der Waals surface area contributed by atoms with Gasteiger partial charge < -0.3 is 0 Å². The second-order valence-corrected chi connectivity index (χ2v) is 17.0. The molecule has 1 N–H and O–H groups in total. The Morgan fingerprint density at radius 1 is 0.288 bits per heavy atom. The summed E-state index contributed by atoms with van der Waals surface area (Å²) in [6, 6.07) is 85.5. The summed E-state index contributed by atoms with van der Waals surface area (Å²) < 4.78 is 2.61. The average Bonchev–Trinajstić information content (AvgIpc) is 3.30.